The van der Waals surface area contributed by atoms with Gasteiger partial charge in [-0.15, -0.1) is 0 Å². The third-order valence-electron chi connectivity index (χ3n) is 5.57. The summed E-state index contributed by atoms with van der Waals surface area (Å²) in [5.74, 6) is 1.59. The number of hydrogen-bond donors (Lipinski definition) is 1. The van der Waals surface area contributed by atoms with E-state index in [0.29, 0.717) is 63.2 Å². The predicted octanol–water partition coefficient (Wildman–Crippen LogP) is 1.45. The van der Waals surface area contributed by atoms with E-state index in [1.807, 2.05) is 11.8 Å². The van der Waals surface area contributed by atoms with Crippen LogP contribution in [0.2, 0.25) is 0 Å². The van der Waals surface area contributed by atoms with Gasteiger partial charge in [-0.3, -0.25) is 9.69 Å². The molecule has 1 amide bonds. The van der Waals surface area contributed by atoms with E-state index < -0.39 is 10.0 Å². The first-order chi connectivity index (χ1) is 14.9. The Morgan fingerprint density at radius 2 is 1.84 bits per heavy atom. The summed E-state index contributed by atoms with van der Waals surface area (Å²) in [6, 6.07) is 7.95. The first kappa shape index (κ1) is 21.7. The van der Waals surface area contributed by atoms with E-state index in [1.165, 1.54) is 10.4 Å². The van der Waals surface area contributed by atoms with Crippen molar-refractivity contribution in [3.05, 3.63) is 42.4 Å². The van der Waals surface area contributed by atoms with Crippen LogP contribution in [0.3, 0.4) is 0 Å². The van der Waals surface area contributed by atoms with Gasteiger partial charge in [-0.1, -0.05) is 0 Å². The summed E-state index contributed by atoms with van der Waals surface area (Å²) in [5.41, 5.74) is 0. The fraction of sp³-hybridized carbons (Fsp3) is 0.476. The van der Waals surface area contributed by atoms with Gasteiger partial charge < -0.3 is 19.2 Å². The third kappa shape index (κ3) is 4.86. The number of nitrogens with zero attached hydrogens (tertiary/aromatic N) is 2. The van der Waals surface area contributed by atoms with E-state index >= 15 is 0 Å². The average molecular weight is 450 g/mol. The minimum absolute atomic E-state index is 0.115. The summed E-state index contributed by atoms with van der Waals surface area (Å²) < 4.78 is 44.1. The van der Waals surface area contributed by atoms with Crippen LogP contribution >= 0.6 is 0 Å². The van der Waals surface area contributed by atoms with Gasteiger partial charge in [0.25, 0.3) is 0 Å². The van der Waals surface area contributed by atoms with Crippen LogP contribution in [0.15, 0.2) is 45.9 Å². The minimum atomic E-state index is -3.66. The fourth-order valence-electron chi connectivity index (χ4n) is 3.69. The number of ether oxygens (including phenoxy) is 2. The lowest BCUT2D eigenvalue weighted by atomic mass is 10.2. The Hall–Kier alpha value is -2.56. The molecule has 1 N–H and O–H groups in total. The van der Waals surface area contributed by atoms with Gasteiger partial charge in [-0.05, 0) is 31.2 Å². The second-order valence-electron chi connectivity index (χ2n) is 7.57. The highest BCUT2D eigenvalue weighted by Crippen LogP contribution is 2.33. The molecule has 31 heavy (non-hydrogen) atoms. The Bertz CT molecular complexity index is 1000. The second-order valence-corrected chi connectivity index (χ2v) is 9.51. The zero-order valence-corrected chi connectivity index (χ0v) is 18.3. The number of amides is 1. The number of carbonyl (C=O) groups excluding carboxylic acids is 1. The van der Waals surface area contributed by atoms with Crippen molar-refractivity contribution in [3.63, 3.8) is 0 Å². The van der Waals surface area contributed by atoms with Crippen LogP contribution < -0.4 is 14.8 Å². The third-order valence-corrected chi connectivity index (χ3v) is 7.47. The molecule has 0 saturated carbocycles. The molecule has 3 heterocycles. The highest BCUT2D eigenvalue weighted by Gasteiger charge is 2.32. The van der Waals surface area contributed by atoms with Crippen LogP contribution in [0, 0.1) is 0 Å². The van der Waals surface area contributed by atoms with Crippen LogP contribution in [0.4, 0.5) is 0 Å². The van der Waals surface area contributed by atoms with Gasteiger partial charge >= 0.3 is 0 Å². The van der Waals surface area contributed by atoms with E-state index in [2.05, 4.69) is 5.32 Å². The number of piperazine rings is 1. The van der Waals surface area contributed by atoms with Crippen LogP contribution in [-0.4, -0.2) is 69.0 Å². The summed E-state index contributed by atoms with van der Waals surface area (Å²) in [6.07, 6.45) is 2.32. The topological polar surface area (TPSA) is 101 Å². The molecule has 0 aliphatic carbocycles. The standard InChI is InChI=1S/C21H27N3O6S/c1-16(21(25)22-15-17-4-2-11-28-17)23-7-9-24(10-8-23)31(26,27)18-5-6-19-20(14-18)30-13-3-12-29-19/h2,4-6,11,14,16H,3,7-10,12-13,15H2,1H3,(H,22,25). The molecule has 1 aromatic heterocycles. The molecule has 0 radical (unpaired) electrons. The Labute approximate surface area is 182 Å². The number of carbonyl (C=O) groups is 1. The smallest absolute Gasteiger partial charge is 0.243 e. The van der Waals surface area contributed by atoms with Crippen LogP contribution in [0.1, 0.15) is 19.1 Å². The van der Waals surface area contributed by atoms with Crippen molar-refractivity contribution in [3.8, 4) is 11.5 Å². The molecule has 4 rings (SSSR count). The number of benzene rings is 1. The van der Waals surface area contributed by atoms with Crippen molar-refractivity contribution in [1.82, 2.24) is 14.5 Å². The molecular formula is C21H27N3O6S. The molecule has 1 unspecified atom stereocenters. The van der Waals surface area contributed by atoms with Crippen molar-refractivity contribution in [1.29, 1.82) is 0 Å². The van der Waals surface area contributed by atoms with Crippen LogP contribution in [0.5, 0.6) is 11.5 Å². The van der Waals surface area contributed by atoms with E-state index in [9.17, 15) is 13.2 Å². The van der Waals surface area contributed by atoms with Gasteiger partial charge in [0.15, 0.2) is 11.5 Å². The monoisotopic (exact) mass is 449 g/mol. The zero-order valence-electron chi connectivity index (χ0n) is 17.5. The van der Waals surface area contributed by atoms with Crippen molar-refractivity contribution in [2.75, 3.05) is 39.4 Å². The molecule has 1 saturated heterocycles. The lowest BCUT2D eigenvalue weighted by Crippen LogP contribution is -2.54. The second kappa shape index (κ2) is 9.29. The Balaban J connectivity index is 1.35. The highest BCUT2D eigenvalue weighted by molar-refractivity contribution is 7.89. The minimum Gasteiger partial charge on any atom is -0.490 e. The van der Waals surface area contributed by atoms with E-state index in [-0.39, 0.29) is 16.8 Å². The summed E-state index contributed by atoms with van der Waals surface area (Å²) in [7, 11) is -3.66. The number of rotatable bonds is 6. The highest BCUT2D eigenvalue weighted by atomic mass is 32.2. The molecule has 10 heteroatoms. The molecule has 2 aliphatic rings. The molecule has 2 aliphatic heterocycles. The summed E-state index contributed by atoms with van der Waals surface area (Å²) in [6.45, 7) is 4.76. The van der Waals surface area contributed by atoms with Crippen molar-refractivity contribution in [2.24, 2.45) is 0 Å². The first-order valence-corrected chi connectivity index (χ1v) is 11.8. The SMILES string of the molecule is CC(C(=O)NCc1ccco1)N1CCN(S(=O)(=O)c2ccc3c(c2)OCCCO3)CC1. The van der Waals surface area contributed by atoms with Gasteiger partial charge in [-0.2, -0.15) is 4.31 Å². The fourth-order valence-corrected chi connectivity index (χ4v) is 5.12. The maximum Gasteiger partial charge on any atom is 0.243 e. The number of sulfonamides is 1. The zero-order chi connectivity index (χ0) is 21.8. The Kier molecular flexibility index (Phi) is 6.49. The lowest BCUT2D eigenvalue weighted by molar-refractivity contribution is -0.126. The predicted molar refractivity (Wildman–Crippen MR) is 112 cm³/mol. The van der Waals surface area contributed by atoms with E-state index in [0.717, 1.165) is 6.42 Å². The largest absolute Gasteiger partial charge is 0.490 e. The molecule has 1 atom stereocenters. The Morgan fingerprint density at radius 1 is 1.10 bits per heavy atom. The van der Waals surface area contributed by atoms with Gasteiger partial charge in [0.05, 0.1) is 37.0 Å². The van der Waals surface area contributed by atoms with Crippen LogP contribution in [-0.2, 0) is 21.4 Å². The number of furan rings is 1. The molecular weight excluding hydrogens is 422 g/mol. The van der Waals surface area contributed by atoms with E-state index in [4.69, 9.17) is 13.9 Å². The molecule has 0 bridgehead atoms. The lowest BCUT2D eigenvalue weighted by Gasteiger charge is -2.36. The van der Waals surface area contributed by atoms with Crippen molar-refractivity contribution in [2.45, 2.75) is 30.8 Å². The van der Waals surface area contributed by atoms with Gasteiger partial charge in [0.1, 0.15) is 5.76 Å². The first-order valence-electron chi connectivity index (χ1n) is 10.4. The number of hydrogen-bond acceptors (Lipinski definition) is 7. The number of fused-ring (bicyclic) bond motifs is 1. The normalized spacial score (nSPS) is 18.9. The number of nitrogens with one attached hydrogen (secondary N) is 1. The molecule has 1 fully saturated rings. The quantitative estimate of drug-likeness (QED) is 0.712. The van der Waals surface area contributed by atoms with Gasteiger partial charge in [0, 0.05) is 38.7 Å². The molecule has 2 aromatic rings. The van der Waals surface area contributed by atoms with Crippen molar-refractivity contribution >= 4 is 15.9 Å². The maximum absolute atomic E-state index is 13.1. The molecule has 0 spiro atoms. The summed E-state index contributed by atoms with van der Waals surface area (Å²) >= 11 is 0. The Morgan fingerprint density at radius 3 is 2.55 bits per heavy atom. The van der Waals surface area contributed by atoms with Crippen molar-refractivity contribution < 1.29 is 27.1 Å². The van der Waals surface area contributed by atoms with Gasteiger partial charge in [0.2, 0.25) is 15.9 Å². The molecule has 1 aromatic carbocycles. The molecule has 168 valence electrons. The summed E-state index contributed by atoms with van der Waals surface area (Å²) in [4.78, 5) is 14.6. The van der Waals surface area contributed by atoms with Gasteiger partial charge in [-0.25, -0.2) is 8.42 Å². The maximum atomic E-state index is 13.1. The average Bonchev–Trinajstić information content (AvgIpc) is 3.20. The van der Waals surface area contributed by atoms with Crippen LogP contribution in [0.25, 0.3) is 0 Å². The summed E-state index contributed by atoms with van der Waals surface area (Å²) in [5, 5.41) is 2.85. The van der Waals surface area contributed by atoms with E-state index in [1.54, 1.807) is 30.5 Å². The molecule has 9 nitrogen and oxygen atoms in total.